The van der Waals surface area contributed by atoms with E-state index in [1.807, 2.05) is 60.7 Å². The van der Waals surface area contributed by atoms with E-state index in [1.165, 1.54) is 0 Å². The largest absolute Gasteiger partial charge is 0.445 e. The summed E-state index contributed by atoms with van der Waals surface area (Å²) in [5, 5.41) is 2.94. The molecule has 2 atom stereocenters. The summed E-state index contributed by atoms with van der Waals surface area (Å²) < 4.78 is 10.8. The van der Waals surface area contributed by atoms with Gasteiger partial charge in [0.15, 0.2) is 0 Å². The summed E-state index contributed by atoms with van der Waals surface area (Å²) in [4.78, 5) is 26.4. The first-order valence-electron chi connectivity index (χ1n) is 10.0. The number of nitrogens with zero attached hydrogens (tertiary/aromatic N) is 1. The quantitative estimate of drug-likeness (QED) is 0.781. The molecule has 154 valence electrons. The first-order valence-corrected chi connectivity index (χ1v) is 10.0. The Balaban J connectivity index is 1.51. The number of nitrogens with one attached hydrogen (secondary N) is 1. The van der Waals surface area contributed by atoms with E-state index in [4.69, 9.17) is 9.47 Å². The van der Waals surface area contributed by atoms with Crippen molar-refractivity contribution in [3.63, 3.8) is 0 Å². The standard InChI is InChI=1S/C23H28N2O4/c1-25(23(27)29-17-19-12-6-3-7-13-19)21-15-9-8-14-20(21)24-22(26)28-16-18-10-4-2-5-11-18/h2-7,10-13,20-21H,8-9,14-17H2,1H3,(H,24,26). The molecule has 2 aromatic carbocycles. The molecule has 0 spiro atoms. The van der Waals surface area contributed by atoms with Gasteiger partial charge < -0.3 is 19.7 Å². The third-order valence-corrected chi connectivity index (χ3v) is 5.24. The number of carbonyl (C=O) groups is 2. The summed E-state index contributed by atoms with van der Waals surface area (Å²) in [6, 6.07) is 18.9. The van der Waals surface area contributed by atoms with Crippen molar-refractivity contribution in [1.82, 2.24) is 10.2 Å². The minimum atomic E-state index is -0.461. The van der Waals surface area contributed by atoms with Crippen molar-refractivity contribution < 1.29 is 19.1 Å². The van der Waals surface area contributed by atoms with Gasteiger partial charge in [-0.25, -0.2) is 9.59 Å². The average Bonchev–Trinajstić information content (AvgIpc) is 2.77. The maximum absolute atomic E-state index is 12.5. The van der Waals surface area contributed by atoms with E-state index in [-0.39, 0.29) is 31.4 Å². The second-order valence-electron chi connectivity index (χ2n) is 7.32. The molecule has 1 aliphatic rings. The second kappa shape index (κ2) is 10.5. The fourth-order valence-corrected chi connectivity index (χ4v) is 3.62. The van der Waals surface area contributed by atoms with Crippen molar-refractivity contribution in [2.24, 2.45) is 0 Å². The zero-order chi connectivity index (χ0) is 20.5. The molecule has 6 nitrogen and oxygen atoms in total. The summed E-state index contributed by atoms with van der Waals surface area (Å²) in [7, 11) is 1.73. The molecule has 2 amide bonds. The maximum atomic E-state index is 12.5. The Morgan fingerprint density at radius 1 is 0.897 bits per heavy atom. The molecule has 6 heteroatoms. The van der Waals surface area contributed by atoms with Crippen LogP contribution in [-0.4, -0.2) is 36.2 Å². The molecule has 1 saturated carbocycles. The Kier molecular flexibility index (Phi) is 7.50. The van der Waals surface area contributed by atoms with Gasteiger partial charge in [-0.1, -0.05) is 73.5 Å². The van der Waals surface area contributed by atoms with Gasteiger partial charge in [0.2, 0.25) is 0 Å². The van der Waals surface area contributed by atoms with Crippen LogP contribution < -0.4 is 5.32 Å². The van der Waals surface area contributed by atoms with Gasteiger partial charge in [0.25, 0.3) is 0 Å². The van der Waals surface area contributed by atoms with Gasteiger partial charge in [-0.3, -0.25) is 0 Å². The van der Waals surface area contributed by atoms with E-state index in [9.17, 15) is 9.59 Å². The Bertz CT molecular complexity index is 782. The Morgan fingerprint density at radius 3 is 2.07 bits per heavy atom. The van der Waals surface area contributed by atoms with Gasteiger partial charge in [0.1, 0.15) is 13.2 Å². The zero-order valence-corrected chi connectivity index (χ0v) is 16.8. The van der Waals surface area contributed by atoms with Crippen molar-refractivity contribution in [3.8, 4) is 0 Å². The molecule has 0 aliphatic heterocycles. The van der Waals surface area contributed by atoms with Crippen LogP contribution in [0, 0.1) is 0 Å². The zero-order valence-electron chi connectivity index (χ0n) is 16.8. The van der Waals surface area contributed by atoms with Crippen molar-refractivity contribution in [3.05, 3.63) is 71.8 Å². The van der Waals surface area contributed by atoms with Crippen LogP contribution in [0.4, 0.5) is 9.59 Å². The molecule has 1 N–H and O–H groups in total. The van der Waals surface area contributed by atoms with Crippen molar-refractivity contribution in [1.29, 1.82) is 0 Å². The van der Waals surface area contributed by atoms with E-state index >= 15 is 0 Å². The van der Waals surface area contributed by atoms with Crippen molar-refractivity contribution in [2.75, 3.05) is 7.05 Å². The third kappa shape index (κ3) is 6.24. The molecule has 0 aromatic heterocycles. The second-order valence-corrected chi connectivity index (χ2v) is 7.32. The molecule has 29 heavy (non-hydrogen) atoms. The highest BCUT2D eigenvalue weighted by molar-refractivity contribution is 5.69. The fourth-order valence-electron chi connectivity index (χ4n) is 3.62. The van der Waals surface area contributed by atoms with Crippen LogP contribution in [0.5, 0.6) is 0 Å². The third-order valence-electron chi connectivity index (χ3n) is 5.24. The molecular formula is C23H28N2O4. The number of rotatable bonds is 6. The van der Waals surface area contributed by atoms with Crippen molar-refractivity contribution >= 4 is 12.2 Å². The predicted octanol–water partition coefficient (Wildman–Crippen LogP) is 4.49. The van der Waals surface area contributed by atoms with Gasteiger partial charge in [0.05, 0.1) is 12.1 Å². The van der Waals surface area contributed by atoms with Crippen LogP contribution in [0.2, 0.25) is 0 Å². The van der Waals surface area contributed by atoms with Gasteiger partial charge in [-0.15, -0.1) is 0 Å². The highest BCUT2D eigenvalue weighted by atomic mass is 16.6. The van der Waals surface area contributed by atoms with Crippen LogP contribution in [0.3, 0.4) is 0 Å². The molecule has 0 heterocycles. The topological polar surface area (TPSA) is 67.9 Å². The number of carbonyl (C=O) groups excluding carboxylic acids is 2. The van der Waals surface area contributed by atoms with Gasteiger partial charge >= 0.3 is 12.2 Å². The Morgan fingerprint density at radius 2 is 1.45 bits per heavy atom. The van der Waals surface area contributed by atoms with Gasteiger partial charge in [-0.05, 0) is 24.0 Å². The highest BCUT2D eigenvalue weighted by Crippen LogP contribution is 2.23. The first-order chi connectivity index (χ1) is 14.1. The lowest BCUT2D eigenvalue weighted by Crippen LogP contribution is -2.53. The number of likely N-dealkylation sites (N-methyl/N-ethyl adjacent to an activating group) is 1. The molecule has 0 radical (unpaired) electrons. The summed E-state index contributed by atoms with van der Waals surface area (Å²) in [6.45, 7) is 0.451. The number of hydrogen-bond acceptors (Lipinski definition) is 4. The Hall–Kier alpha value is -3.02. The van der Waals surface area contributed by atoms with E-state index < -0.39 is 6.09 Å². The van der Waals surface area contributed by atoms with E-state index in [2.05, 4.69) is 5.32 Å². The lowest BCUT2D eigenvalue weighted by molar-refractivity contribution is 0.0707. The summed E-state index contributed by atoms with van der Waals surface area (Å²) >= 11 is 0. The minimum Gasteiger partial charge on any atom is -0.445 e. The van der Waals surface area contributed by atoms with E-state index in [0.29, 0.717) is 0 Å². The molecule has 2 unspecified atom stereocenters. The molecule has 1 fully saturated rings. The number of alkyl carbamates (subject to hydrolysis) is 1. The summed E-state index contributed by atoms with van der Waals surface area (Å²) in [5.41, 5.74) is 1.88. The SMILES string of the molecule is CN(C(=O)OCc1ccccc1)C1CCCCC1NC(=O)OCc1ccccc1. The van der Waals surface area contributed by atoms with Crippen molar-refractivity contribution in [2.45, 2.75) is 51.0 Å². The highest BCUT2D eigenvalue weighted by Gasteiger charge is 2.33. The molecule has 1 aliphatic carbocycles. The number of hydrogen-bond donors (Lipinski definition) is 1. The number of benzene rings is 2. The fraction of sp³-hybridized carbons (Fsp3) is 0.391. The molecule has 0 saturated heterocycles. The maximum Gasteiger partial charge on any atom is 0.410 e. The normalized spacial score (nSPS) is 18.5. The average molecular weight is 396 g/mol. The predicted molar refractivity (Wildman–Crippen MR) is 110 cm³/mol. The lowest BCUT2D eigenvalue weighted by Gasteiger charge is -2.37. The smallest absolute Gasteiger partial charge is 0.410 e. The van der Waals surface area contributed by atoms with Crippen LogP contribution in [0.25, 0.3) is 0 Å². The summed E-state index contributed by atoms with van der Waals surface area (Å²) in [5.74, 6) is 0. The van der Waals surface area contributed by atoms with Crippen LogP contribution >= 0.6 is 0 Å². The van der Waals surface area contributed by atoms with E-state index in [0.717, 1.165) is 36.8 Å². The van der Waals surface area contributed by atoms with Crippen LogP contribution in [-0.2, 0) is 22.7 Å². The first kappa shape index (κ1) is 20.7. The molecular weight excluding hydrogens is 368 g/mol. The summed E-state index contributed by atoms with van der Waals surface area (Å²) in [6.07, 6.45) is 2.80. The molecule has 2 aromatic rings. The lowest BCUT2D eigenvalue weighted by atomic mass is 9.89. The molecule has 0 bridgehead atoms. The van der Waals surface area contributed by atoms with Crippen LogP contribution in [0.1, 0.15) is 36.8 Å². The Labute approximate surface area is 171 Å². The number of amides is 2. The molecule has 3 rings (SSSR count). The minimum absolute atomic E-state index is 0.115. The van der Waals surface area contributed by atoms with E-state index in [1.54, 1.807) is 11.9 Å². The number of ether oxygens (including phenoxy) is 2. The van der Waals surface area contributed by atoms with Gasteiger partial charge in [-0.2, -0.15) is 0 Å². The van der Waals surface area contributed by atoms with Gasteiger partial charge in [0, 0.05) is 7.05 Å². The van der Waals surface area contributed by atoms with Crippen LogP contribution in [0.15, 0.2) is 60.7 Å². The monoisotopic (exact) mass is 396 g/mol.